The van der Waals surface area contributed by atoms with E-state index in [1.54, 1.807) is 4.90 Å². The zero-order chi connectivity index (χ0) is 16.4. The van der Waals surface area contributed by atoms with Gasteiger partial charge in [-0.1, -0.05) is 11.2 Å². The summed E-state index contributed by atoms with van der Waals surface area (Å²) in [5.41, 5.74) is 2.69. The molecule has 0 aliphatic carbocycles. The van der Waals surface area contributed by atoms with E-state index in [1.165, 1.54) is 0 Å². The zero-order valence-corrected chi connectivity index (χ0v) is 13.6. The molecule has 7 heteroatoms. The van der Waals surface area contributed by atoms with Crippen molar-refractivity contribution in [3.63, 3.8) is 0 Å². The third-order valence-corrected chi connectivity index (χ3v) is 4.13. The Balaban J connectivity index is 1.90. The maximum absolute atomic E-state index is 11.9. The molecule has 1 aliphatic heterocycles. The van der Waals surface area contributed by atoms with E-state index in [9.17, 15) is 4.79 Å². The second-order valence-electron chi connectivity index (χ2n) is 5.74. The molecule has 0 radical (unpaired) electrons. The van der Waals surface area contributed by atoms with Gasteiger partial charge in [0.05, 0.1) is 0 Å². The first-order valence-corrected chi connectivity index (χ1v) is 7.75. The van der Waals surface area contributed by atoms with Crippen LogP contribution in [0.25, 0.3) is 11.5 Å². The Hall–Kier alpha value is -2.41. The zero-order valence-electron chi connectivity index (χ0n) is 13.6. The van der Waals surface area contributed by atoms with Crippen LogP contribution in [-0.2, 0) is 6.42 Å². The van der Waals surface area contributed by atoms with Crippen molar-refractivity contribution in [3.05, 3.63) is 29.6 Å². The number of carbonyl (C=O) groups is 1. The smallest absolute Gasteiger partial charge is 0.322 e. The fourth-order valence-electron chi connectivity index (χ4n) is 2.67. The highest BCUT2D eigenvalue weighted by Gasteiger charge is 2.24. The number of aromatic nitrogens is 2. The molecular formula is C16H21N5O2. The number of likely N-dealkylation sites (N-methyl/N-ethyl adjacent to an activating group) is 1. The molecule has 2 N–H and O–H groups in total. The van der Waals surface area contributed by atoms with Gasteiger partial charge in [-0.2, -0.15) is 4.98 Å². The van der Waals surface area contributed by atoms with Gasteiger partial charge in [0, 0.05) is 36.8 Å². The van der Waals surface area contributed by atoms with E-state index in [0.29, 0.717) is 31.2 Å². The Kier molecular flexibility index (Phi) is 4.29. The number of hydrogen-bond donors (Lipinski definition) is 2. The Labute approximate surface area is 135 Å². The van der Waals surface area contributed by atoms with E-state index in [0.717, 1.165) is 16.8 Å². The van der Waals surface area contributed by atoms with Gasteiger partial charge in [-0.15, -0.1) is 0 Å². The highest BCUT2D eigenvalue weighted by molar-refractivity contribution is 5.95. The van der Waals surface area contributed by atoms with Crippen molar-refractivity contribution < 1.29 is 9.32 Å². The van der Waals surface area contributed by atoms with Crippen LogP contribution >= 0.6 is 0 Å². The second-order valence-corrected chi connectivity index (χ2v) is 5.74. The molecule has 3 rings (SSSR count). The van der Waals surface area contributed by atoms with Crippen LogP contribution in [0.3, 0.4) is 0 Å². The van der Waals surface area contributed by atoms with E-state index >= 15 is 0 Å². The van der Waals surface area contributed by atoms with Crippen molar-refractivity contribution in [2.24, 2.45) is 0 Å². The van der Waals surface area contributed by atoms with Crippen LogP contribution in [0.5, 0.6) is 0 Å². The van der Waals surface area contributed by atoms with Gasteiger partial charge in [-0.05, 0) is 38.6 Å². The number of rotatable bonds is 5. The minimum Gasteiger partial charge on any atom is -0.336 e. The molecule has 1 aromatic carbocycles. The third-order valence-electron chi connectivity index (χ3n) is 4.13. The van der Waals surface area contributed by atoms with Gasteiger partial charge in [0.25, 0.3) is 5.89 Å². The minimum atomic E-state index is -0.0701. The average Bonchev–Trinajstić information content (AvgIpc) is 3.17. The SMILES string of the molecule is CNC(C)Cc1noc(-c2cccc(N3CCNC3=O)c2C)n1. The van der Waals surface area contributed by atoms with Crippen molar-refractivity contribution in [3.8, 4) is 11.5 Å². The first kappa shape index (κ1) is 15.5. The molecule has 0 spiro atoms. The summed E-state index contributed by atoms with van der Waals surface area (Å²) in [4.78, 5) is 18.1. The molecule has 1 atom stereocenters. The first-order valence-electron chi connectivity index (χ1n) is 7.75. The maximum atomic E-state index is 11.9. The van der Waals surface area contributed by atoms with E-state index in [-0.39, 0.29) is 12.1 Å². The lowest BCUT2D eigenvalue weighted by Crippen LogP contribution is -2.28. The molecule has 7 nitrogen and oxygen atoms in total. The van der Waals surface area contributed by atoms with Crippen LogP contribution < -0.4 is 15.5 Å². The molecule has 1 saturated heterocycles. The minimum absolute atomic E-state index is 0.0701. The quantitative estimate of drug-likeness (QED) is 0.878. The number of anilines is 1. The van der Waals surface area contributed by atoms with Crippen LogP contribution in [0.4, 0.5) is 10.5 Å². The number of carbonyl (C=O) groups excluding carboxylic acids is 1. The van der Waals surface area contributed by atoms with Gasteiger partial charge in [0.15, 0.2) is 5.82 Å². The summed E-state index contributed by atoms with van der Waals surface area (Å²) in [5.74, 6) is 1.16. The van der Waals surface area contributed by atoms with Crippen LogP contribution in [0.2, 0.25) is 0 Å². The topological polar surface area (TPSA) is 83.3 Å². The van der Waals surface area contributed by atoms with Crippen molar-refractivity contribution in [1.82, 2.24) is 20.8 Å². The summed E-state index contributed by atoms with van der Waals surface area (Å²) < 4.78 is 5.41. The Morgan fingerprint density at radius 1 is 1.48 bits per heavy atom. The number of nitrogens with zero attached hydrogens (tertiary/aromatic N) is 3. The number of nitrogens with one attached hydrogen (secondary N) is 2. The number of hydrogen-bond acceptors (Lipinski definition) is 5. The maximum Gasteiger partial charge on any atom is 0.322 e. The predicted octanol–water partition coefficient (Wildman–Crippen LogP) is 1.73. The highest BCUT2D eigenvalue weighted by atomic mass is 16.5. The molecule has 1 aliphatic rings. The summed E-state index contributed by atoms with van der Waals surface area (Å²) in [6.45, 7) is 5.36. The third kappa shape index (κ3) is 3.05. The predicted molar refractivity (Wildman–Crippen MR) is 87.4 cm³/mol. The van der Waals surface area contributed by atoms with Gasteiger partial charge < -0.3 is 15.2 Å². The lowest BCUT2D eigenvalue weighted by atomic mass is 10.1. The van der Waals surface area contributed by atoms with Crippen LogP contribution in [0.15, 0.2) is 22.7 Å². The normalized spacial score (nSPS) is 15.8. The molecule has 0 bridgehead atoms. The molecule has 23 heavy (non-hydrogen) atoms. The molecule has 2 amide bonds. The van der Waals surface area contributed by atoms with Gasteiger partial charge in [-0.3, -0.25) is 4.90 Å². The van der Waals surface area contributed by atoms with Crippen LogP contribution in [-0.4, -0.2) is 42.4 Å². The van der Waals surface area contributed by atoms with Crippen molar-refractivity contribution in [2.45, 2.75) is 26.3 Å². The Morgan fingerprint density at radius 3 is 3.00 bits per heavy atom. The largest absolute Gasteiger partial charge is 0.336 e. The van der Waals surface area contributed by atoms with E-state index < -0.39 is 0 Å². The second kappa shape index (κ2) is 6.37. The molecular weight excluding hydrogens is 294 g/mol. The summed E-state index contributed by atoms with van der Waals surface area (Å²) in [5, 5.41) is 10.0. The van der Waals surface area contributed by atoms with Gasteiger partial charge in [0.1, 0.15) is 0 Å². The molecule has 2 aromatic rings. The van der Waals surface area contributed by atoms with Gasteiger partial charge in [-0.25, -0.2) is 4.79 Å². The van der Waals surface area contributed by atoms with Crippen molar-refractivity contribution in [2.75, 3.05) is 25.0 Å². The van der Waals surface area contributed by atoms with Crippen LogP contribution in [0.1, 0.15) is 18.3 Å². The van der Waals surface area contributed by atoms with Crippen LogP contribution in [0, 0.1) is 6.92 Å². The highest BCUT2D eigenvalue weighted by Crippen LogP contribution is 2.30. The number of benzene rings is 1. The number of amides is 2. The van der Waals surface area contributed by atoms with Gasteiger partial charge in [0.2, 0.25) is 0 Å². The van der Waals surface area contributed by atoms with Gasteiger partial charge >= 0.3 is 6.03 Å². The summed E-state index contributed by atoms with van der Waals surface area (Å²) in [7, 11) is 1.90. The Bertz CT molecular complexity index is 712. The van der Waals surface area contributed by atoms with Crippen molar-refractivity contribution in [1.29, 1.82) is 0 Å². The molecule has 1 unspecified atom stereocenters. The number of urea groups is 1. The molecule has 0 saturated carbocycles. The lowest BCUT2D eigenvalue weighted by Gasteiger charge is -2.18. The van der Waals surface area contributed by atoms with E-state index in [1.807, 2.05) is 32.2 Å². The standard InChI is InChI=1S/C16H21N5O2/c1-10(17-3)9-14-19-15(23-20-14)12-5-4-6-13(11(12)2)21-8-7-18-16(21)22/h4-6,10,17H,7-9H2,1-3H3,(H,18,22). The fourth-order valence-corrected chi connectivity index (χ4v) is 2.67. The lowest BCUT2D eigenvalue weighted by molar-refractivity contribution is 0.252. The summed E-state index contributed by atoms with van der Waals surface area (Å²) in [6.07, 6.45) is 0.702. The molecule has 2 heterocycles. The molecule has 122 valence electrons. The Morgan fingerprint density at radius 2 is 2.30 bits per heavy atom. The molecule has 1 fully saturated rings. The van der Waals surface area contributed by atoms with Crippen molar-refractivity contribution >= 4 is 11.7 Å². The average molecular weight is 315 g/mol. The molecule has 1 aromatic heterocycles. The summed E-state index contributed by atoms with van der Waals surface area (Å²) in [6, 6.07) is 5.99. The van der Waals surface area contributed by atoms with E-state index in [4.69, 9.17) is 4.52 Å². The summed E-state index contributed by atoms with van der Waals surface area (Å²) >= 11 is 0. The fraction of sp³-hybridized carbons (Fsp3) is 0.438. The first-order chi connectivity index (χ1) is 11.1. The monoisotopic (exact) mass is 315 g/mol. The van der Waals surface area contributed by atoms with E-state index in [2.05, 4.69) is 27.7 Å².